The molecule has 7 heteroatoms. The summed E-state index contributed by atoms with van der Waals surface area (Å²) in [6.07, 6.45) is 3.09. The van der Waals surface area contributed by atoms with Gasteiger partial charge < -0.3 is 19.9 Å². The van der Waals surface area contributed by atoms with E-state index >= 15 is 0 Å². The first-order valence-electron chi connectivity index (χ1n) is 13.7. The largest absolute Gasteiger partial charge is 0.491 e. The molecule has 2 aromatic rings. The molecular weight excluding hydrogens is 498 g/mol. The Hall–Kier alpha value is -2.38. The van der Waals surface area contributed by atoms with Crippen molar-refractivity contribution < 1.29 is 24.2 Å². The van der Waals surface area contributed by atoms with Gasteiger partial charge in [0.25, 0.3) is 5.91 Å². The van der Waals surface area contributed by atoms with Crippen molar-refractivity contribution in [2.45, 2.75) is 99.1 Å². The highest BCUT2D eigenvalue weighted by atomic mass is 32.1. The number of aliphatic hydroxyl groups excluding tert-OH is 1. The molecule has 2 N–H and O–H groups in total. The van der Waals surface area contributed by atoms with E-state index in [1.807, 2.05) is 54.5 Å². The smallest absolute Gasteiger partial charge is 0.328 e. The molecule has 0 aliphatic carbocycles. The van der Waals surface area contributed by atoms with Crippen molar-refractivity contribution in [1.29, 1.82) is 0 Å². The fourth-order valence-corrected chi connectivity index (χ4v) is 5.57. The van der Waals surface area contributed by atoms with E-state index in [-0.39, 0.29) is 23.8 Å². The monoisotopic (exact) mass is 545 g/mol. The van der Waals surface area contributed by atoms with Crippen molar-refractivity contribution in [2.24, 2.45) is 11.3 Å². The second-order valence-corrected chi connectivity index (χ2v) is 12.5. The number of carbonyl (C=O) groups excluding carboxylic acids is 2. The molecule has 0 radical (unpaired) electrons. The summed E-state index contributed by atoms with van der Waals surface area (Å²) in [5, 5.41) is 13.2. The molecule has 0 saturated heterocycles. The zero-order valence-corrected chi connectivity index (χ0v) is 25.5. The van der Waals surface area contributed by atoms with Crippen LogP contribution >= 0.6 is 11.3 Å². The predicted octanol–water partition coefficient (Wildman–Crippen LogP) is 6.59. The summed E-state index contributed by atoms with van der Waals surface area (Å²) in [5.41, 5.74) is 3.01. The van der Waals surface area contributed by atoms with Crippen LogP contribution in [0.15, 0.2) is 24.3 Å². The molecule has 1 aromatic heterocycles. The minimum atomic E-state index is -0.656. The van der Waals surface area contributed by atoms with E-state index in [2.05, 4.69) is 30.4 Å². The van der Waals surface area contributed by atoms with Crippen molar-refractivity contribution in [2.75, 3.05) is 13.7 Å². The van der Waals surface area contributed by atoms with E-state index in [0.29, 0.717) is 10.8 Å². The van der Waals surface area contributed by atoms with Gasteiger partial charge in [-0.15, -0.1) is 11.3 Å². The molecule has 1 aromatic carbocycles. The fourth-order valence-electron chi connectivity index (χ4n) is 4.27. The molecule has 38 heavy (non-hydrogen) atoms. The number of esters is 1. The Kier molecular flexibility index (Phi) is 11.8. The number of nitrogens with one attached hydrogen (secondary N) is 1. The molecule has 0 saturated carbocycles. The summed E-state index contributed by atoms with van der Waals surface area (Å²) >= 11 is 1.52. The Bertz CT molecular complexity index is 1070. The van der Waals surface area contributed by atoms with Crippen molar-refractivity contribution in [3.8, 4) is 5.75 Å². The molecule has 212 valence electrons. The highest BCUT2D eigenvalue weighted by Gasteiger charge is 2.29. The molecule has 0 bridgehead atoms. The normalized spacial score (nSPS) is 14.9. The second kappa shape index (κ2) is 14.1. The van der Waals surface area contributed by atoms with Gasteiger partial charge in [0.2, 0.25) is 0 Å². The Morgan fingerprint density at radius 3 is 2.32 bits per heavy atom. The summed E-state index contributed by atoms with van der Waals surface area (Å²) in [5.74, 6) is 0.497. The highest BCUT2D eigenvalue weighted by molar-refractivity contribution is 7.14. The average Bonchev–Trinajstić information content (AvgIpc) is 3.26. The second-order valence-electron chi connectivity index (χ2n) is 11.5. The Labute approximate surface area is 233 Å². The van der Waals surface area contributed by atoms with E-state index < -0.39 is 18.1 Å². The summed E-state index contributed by atoms with van der Waals surface area (Å²) in [4.78, 5) is 27.2. The number of aryl methyl sites for hydroxylation is 3. The zero-order chi connectivity index (χ0) is 28.6. The maximum atomic E-state index is 13.1. The van der Waals surface area contributed by atoms with Crippen molar-refractivity contribution in [1.82, 2.24) is 5.32 Å². The van der Waals surface area contributed by atoms with Crippen LogP contribution in [0.3, 0.4) is 0 Å². The molecule has 4 unspecified atom stereocenters. The number of rotatable bonds is 13. The van der Waals surface area contributed by atoms with Crippen LogP contribution in [-0.4, -0.2) is 42.8 Å². The molecule has 1 amide bonds. The van der Waals surface area contributed by atoms with Gasteiger partial charge in [-0.3, -0.25) is 4.79 Å². The third-order valence-corrected chi connectivity index (χ3v) is 8.81. The Balaban J connectivity index is 2.07. The van der Waals surface area contributed by atoms with Crippen LogP contribution in [-0.2, 0) is 16.0 Å². The van der Waals surface area contributed by atoms with Crippen molar-refractivity contribution >= 4 is 23.2 Å². The van der Waals surface area contributed by atoms with Crippen LogP contribution in [0.4, 0.5) is 0 Å². The number of ether oxygens (including phenoxy) is 2. The predicted molar refractivity (Wildman–Crippen MR) is 155 cm³/mol. The van der Waals surface area contributed by atoms with E-state index in [1.165, 1.54) is 28.9 Å². The number of carbonyl (C=O) groups is 2. The topological polar surface area (TPSA) is 84.9 Å². The summed E-state index contributed by atoms with van der Waals surface area (Å²) in [6, 6.07) is 7.71. The summed E-state index contributed by atoms with van der Waals surface area (Å²) in [6.45, 7) is 16.4. The molecule has 0 spiro atoms. The number of methoxy groups -OCH3 is 1. The van der Waals surface area contributed by atoms with Gasteiger partial charge in [0, 0.05) is 4.88 Å². The third kappa shape index (κ3) is 8.57. The zero-order valence-electron chi connectivity index (χ0n) is 24.6. The minimum Gasteiger partial charge on any atom is -0.491 e. The lowest BCUT2D eigenvalue weighted by molar-refractivity contribution is -0.144. The number of hydrogen-bond acceptors (Lipinski definition) is 6. The van der Waals surface area contributed by atoms with E-state index in [4.69, 9.17) is 9.47 Å². The van der Waals surface area contributed by atoms with Crippen LogP contribution < -0.4 is 10.1 Å². The minimum absolute atomic E-state index is 0.0154. The molecule has 1 heterocycles. The quantitative estimate of drug-likeness (QED) is 0.277. The van der Waals surface area contributed by atoms with Gasteiger partial charge in [-0.25, -0.2) is 4.79 Å². The average molecular weight is 546 g/mol. The number of amides is 1. The third-order valence-electron chi connectivity index (χ3n) is 7.41. The van der Waals surface area contributed by atoms with Crippen LogP contribution in [0.5, 0.6) is 5.75 Å². The van der Waals surface area contributed by atoms with E-state index in [0.717, 1.165) is 42.6 Å². The van der Waals surface area contributed by atoms with E-state index in [9.17, 15) is 14.7 Å². The first-order valence-corrected chi connectivity index (χ1v) is 14.5. The lowest BCUT2D eigenvalue weighted by Gasteiger charge is -2.26. The molecule has 0 fully saturated rings. The Morgan fingerprint density at radius 2 is 1.76 bits per heavy atom. The number of aliphatic hydroxyl groups is 1. The molecular formula is C31H47NO5S. The van der Waals surface area contributed by atoms with Gasteiger partial charge in [-0.2, -0.15) is 0 Å². The van der Waals surface area contributed by atoms with Crippen LogP contribution in [0.2, 0.25) is 0 Å². The fraction of sp³-hybridized carbons (Fsp3) is 0.613. The summed E-state index contributed by atoms with van der Waals surface area (Å²) < 4.78 is 10.8. The number of thiophene rings is 1. The Morgan fingerprint density at radius 1 is 1.08 bits per heavy atom. The van der Waals surface area contributed by atoms with Gasteiger partial charge in [-0.05, 0) is 79.2 Å². The summed E-state index contributed by atoms with van der Waals surface area (Å²) in [7, 11) is 1.35. The lowest BCUT2D eigenvalue weighted by Crippen LogP contribution is -2.45. The highest BCUT2D eigenvalue weighted by Crippen LogP contribution is 2.34. The van der Waals surface area contributed by atoms with Gasteiger partial charge in [0.1, 0.15) is 18.4 Å². The van der Waals surface area contributed by atoms with Crippen LogP contribution in [0, 0.1) is 25.2 Å². The van der Waals surface area contributed by atoms with Gasteiger partial charge in [0.15, 0.2) is 0 Å². The molecule has 4 atom stereocenters. The molecule has 0 aliphatic rings. The molecule has 0 aliphatic heterocycles. The van der Waals surface area contributed by atoms with Crippen LogP contribution in [0.25, 0.3) is 0 Å². The standard InChI is InChI=1S/C31H47NO5S/c1-10-19(3)27(30(35)36-9)32-29(34)28-21(5)17-25(38-28)23(11-2)14-12-22-13-15-24(20(4)16-22)37-18-26(33)31(6,7)8/h13,15-17,19,23,26-27,33H,10-12,14,18H2,1-9H3,(H,32,34). The first-order chi connectivity index (χ1) is 17.8. The van der Waals surface area contributed by atoms with Crippen molar-refractivity contribution in [3.63, 3.8) is 0 Å². The molecule has 2 rings (SSSR count). The number of benzene rings is 1. The lowest BCUT2D eigenvalue weighted by atomic mass is 9.90. The van der Waals surface area contributed by atoms with Gasteiger partial charge >= 0.3 is 5.97 Å². The maximum absolute atomic E-state index is 13.1. The van der Waals surface area contributed by atoms with E-state index in [1.54, 1.807) is 0 Å². The molecule has 6 nitrogen and oxygen atoms in total. The van der Waals surface area contributed by atoms with Gasteiger partial charge in [0.05, 0.1) is 18.1 Å². The SMILES string of the molecule is CCC(CCc1ccc(OCC(O)C(C)(C)C)c(C)c1)c1cc(C)c(C(=O)NC(C(=O)OC)C(C)CC)s1. The van der Waals surface area contributed by atoms with Crippen LogP contribution in [0.1, 0.15) is 98.0 Å². The number of hydrogen-bond donors (Lipinski definition) is 2. The first kappa shape index (κ1) is 31.8. The van der Waals surface area contributed by atoms with Gasteiger partial charge in [-0.1, -0.05) is 60.1 Å². The van der Waals surface area contributed by atoms with Crippen molar-refractivity contribution in [3.05, 3.63) is 50.7 Å². The maximum Gasteiger partial charge on any atom is 0.328 e.